The maximum absolute atomic E-state index is 2.41. The molecule has 0 aliphatic carbocycles. The molecule has 0 amide bonds. The zero-order valence-electron chi connectivity index (χ0n) is 20.2. The van der Waals surface area contributed by atoms with Gasteiger partial charge in [-0.05, 0) is 66.1 Å². The number of aryl methyl sites for hydroxylation is 2. The van der Waals surface area contributed by atoms with Gasteiger partial charge in [-0.2, -0.15) is 0 Å². The average molecular weight is 481 g/mol. The predicted octanol–water partition coefficient (Wildman–Crippen LogP) is 8.94. The van der Waals surface area contributed by atoms with Crippen LogP contribution in [0.3, 0.4) is 0 Å². The first-order valence-corrected chi connectivity index (χ1v) is 13.3. The average Bonchev–Trinajstić information content (AvgIpc) is 3.51. The van der Waals surface area contributed by atoms with Gasteiger partial charge in [-0.25, -0.2) is 0 Å². The van der Waals surface area contributed by atoms with Crippen molar-refractivity contribution >= 4 is 75.1 Å². The van der Waals surface area contributed by atoms with Crippen LogP contribution >= 0.6 is 11.3 Å². The molecule has 0 unspecified atom stereocenters. The number of nitrogens with zero attached hydrogens (tertiary/aromatic N) is 2. The van der Waals surface area contributed by atoms with E-state index in [1.807, 2.05) is 11.3 Å². The largest absolute Gasteiger partial charge is 0.344 e. The van der Waals surface area contributed by atoms with Gasteiger partial charge in [0.05, 0.1) is 5.52 Å². The number of hydrogen-bond donors (Lipinski definition) is 0. The van der Waals surface area contributed by atoms with E-state index in [0.29, 0.717) is 0 Å². The fraction of sp³-hybridized carbons (Fsp3) is 0.0909. The van der Waals surface area contributed by atoms with Crippen LogP contribution in [0, 0.1) is 0 Å². The molecular formula is C33H24N2S. The third-order valence-corrected chi connectivity index (χ3v) is 9.09. The van der Waals surface area contributed by atoms with Crippen molar-refractivity contribution in [3.63, 3.8) is 0 Å². The van der Waals surface area contributed by atoms with E-state index >= 15 is 0 Å². The Bertz CT molecular complexity index is 2150. The lowest BCUT2D eigenvalue weighted by Gasteiger charge is -2.05. The van der Waals surface area contributed by atoms with Gasteiger partial charge in [0.1, 0.15) is 0 Å². The van der Waals surface area contributed by atoms with Gasteiger partial charge in [-0.15, -0.1) is 11.3 Å². The van der Waals surface area contributed by atoms with Crippen molar-refractivity contribution < 1.29 is 0 Å². The summed E-state index contributed by atoms with van der Waals surface area (Å²) in [5, 5.41) is 8.07. The van der Waals surface area contributed by atoms with Gasteiger partial charge in [0.25, 0.3) is 0 Å². The summed E-state index contributed by atoms with van der Waals surface area (Å²) < 4.78 is 7.36. The fourth-order valence-corrected chi connectivity index (χ4v) is 7.27. The minimum Gasteiger partial charge on any atom is -0.344 e. The number of rotatable bonds is 2. The summed E-state index contributed by atoms with van der Waals surface area (Å²) in [7, 11) is 4.35. The van der Waals surface area contributed by atoms with Crippen molar-refractivity contribution in [2.75, 3.05) is 0 Å². The minimum absolute atomic E-state index is 0.926. The van der Waals surface area contributed by atoms with Crippen molar-refractivity contribution in [3.05, 3.63) is 108 Å². The zero-order valence-corrected chi connectivity index (χ0v) is 21.1. The molecule has 5 aromatic carbocycles. The molecule has 36 heavy (non-hydrogen) atoms. The van der Waals surface area contributed by atoms with Gasteiger partial charge < -0.3 is 9.13 Å². The number of aromatic nitrogens is 2. The Balaban J connectivity index is 1.29. The number of hydrogen-bond acceptors (Lipinski definition) is 1. The normalized spacial score (nSPS) is 12.3. The Morgan fingerprint density at radius 1 is 0.472 bits per heavy atom. The van der Waals surface area contributed by atoms with Crippen LogP contribution in [-0.4, -0.2) is 9.13 Å². The Kier molecular flexibility index (Phi) is 4.04. The molecule has 0 aliphatic rings. The molecule has 0 aliphatic heterocycles. The standard InChI is InChI=1S/C33H24N2S/c1-34-28-9-5-3-7-22(28)24-16-20(11-13-29(24)34)15-21-12-14-30-25(17-21)26-18-27-23-8-4-6-10-32(23)36-33(27)19-31(26)35(30)2/h3-14,16-19H,15H2,1-2H3. The molecule has 8 aromatic rings. The summed E-state index contributed by atoms with van der Waals surface area (Å²) in [6, 6.07) is 36.2. The predicted molar refractivity (Wildman–Crippen MR) is 157 cm³/mol. The van der Waals surface area contributed by atoms with Crippen molar-refractivity contribution in [2.24, 2.45) is 14.1 Å². The Morgan fingerprint density at radius 2 is 1.06 bits per heavy atom. The van der Waals surface area contributed by atoms with E-state index in [9.17, 15) is 0 Å². The van der Waals surface area contributed by atoms with Crippen LogP contribution in [0.4, 0.5) is 0 Å². The summed E-state index contributed by atoms with van der Waals surface area (Å²) in [6.07, 6.45) is 0.926. The third kappa shape index (κ3) is 2.72. The maximum atomic E-state index is 2.41. The highest BCUT2D eigenvalue weighted by atomic mass is 32.1. The second kappa shape index (κ2) is 7.22. The molecule has 0 atom stereocenters. The van der Waals surface area contributed by atoms with Crippen molar-refractivity contribution in [3.8, 4) is 0 Å². The van der Waals surface area contributed by atoms with Gasteiger partial charge in [0.2, 0.25) is 0 Å². The van der Waals surface area contributed by atoms with Crippen LogP contribution in [0.15, 0.2) is 97.1 Å². The monoisotopic (exact) mass is 480 g/mol. The molecule has 2 nitrogen and oxygen atoms in total. The highest BCUT2D eigenvalue weighted by Crippen LogP contribution is 2.39. The Morgan fingerprint density at radius 3 is 1.83 bits per heavy atom. The van der Waals surface area contributed by atoms with Crippen LogP contribution in [0.5, 0.6) is 0 Å². The molecule has 0 bridgehead atoms. The first-order chi connectivity index (χ1) is 17.7. The van der Waals surface area contributed by atoms with Gasteiger partial charge in [-0.1, -0.05) is 48.5 Å². The molecule has 0 spiro atoms. The molecule has 3 heterocycles. The number of fused-ring (bicyclic) bond motifs is 9. The van der Waals surface area contributed by atoms with Crippen LogP contribution < -0.4 is 0 Å². The summed E-state index contributed by atoms with van der Waals surface area (Å²) in [6.45, 7) is 0. The Labute approximate surface area is 212 Å². The lowest BCUT2D eigenvalue weighted by atomic mass is 10.0. The smallest absolute Gasteiger partial charge is 0.0503 e. The van der Waals surface area contributed by atoms with E-state index in [2.05, 4.69) is 120 Å². The summed E-state index contributed by atoms with van der Waals surface area (Å²) >= 11 is 1.89. The maximum Gasteiger partial charge on any atom is 0.0503 e. The first kappa shape index (κ1) is 20.1. The van der Waals surface area contributed by atoms with Gasteiger partial charge in [0.15, 0.2) is 0 Å². The number of benzene rings is 5. The molecule has 3 aromatic heterocycles. The topological polar surface area (TPSA) is 9.86 Å². The lowest BCUT2D eigenvalue weighted by molar-refractivity contribution is 1.01. The second-order valence-corrected chi connectivity index (χ2v) is 11.1. The molecule has 172 valence electrons. The highest BCUT2D eigenvalue weighted by Gasteiger charge is 2.14. The lowest BCUT2D eigenvalue weighted by Crippen LogP contribution is -1.90. The van der Waals surface area contributed by atoms with Gasteiger partial charge in [-0.3, -0.25) is 0 Å². The molecule has 8 rings (SSSR count). The zero-order chi connectivity index (χ0) is 24.0. The molecule has 0 fully saturated rings. The van der Waals surface area contributed by atoms with Crippen LogP contribution in [-0.2, 0) is 20.5 Å². The summed E-state index contributed by atoms with van der Waals surface area (Å²) in [5.41, 5.74) is 7.87. The van der Waals surface area contributed by atoms with Crippen molar-refractivity contribution in [1.82, 2.24) is 9.13 Å². The number of thiophene rings is 1. The first-order valence-electron chi connectivity index (χ1n) is 12.4. The second-order valence-electron chi connectivity index (χ2n) is 9.98. The van der Waals surface area contributed by atoms with Crippen LogP contribution in [0.2, 0.25) is 0 Å². The molecular weight excluding hydrogens is 456 g/mol. The molecule has 0 saturated heterocycles. The van der Waals surface area contributed by atoms with Crippen molar-refractivity contribution in [1.29, 1.82) is 0 Å². The quantitative estimate of drug-likeness (QED) is 0.234. The fourth-order valence-electron chi connectivity index (χ4n) is 6.15. The molecule has 0 N–H and O–H groups in total. The van der Waals surface area contributed by atoms with E-state index in [1.54, 1.807) is 0 Å². The van der Waals surface area contributed by atoms with Gasteiger partial charge in [0, 0.05) is 72.4 Å². The summed E-state index contributed by atoms with van der Waals surface area (Å²) in [4.78, 5) is 0. The van der Waals surface area contributed by atoms with Crippen LogP contribution in [0.25, 0.3) is 63.8 Å². The van der Waals surface area contributed by atoms with Gasteiger partial charge >= 0.3 is 0 Å². The van der Waals surface area contributed by atoms with E-state index in [4.69, 9.17) is 0 Å². The molecule has 3 heteroatoms. The third-order valence-electron chi connectivity index (χ3n) is 7.96. The molecule has 0 radical (unpaired) electrons. The van der Waals surface area contributed by atoms with E-state index in [0.717, 1.165) is 6.42 Å². The number of para-hydroxylation sites is 1. The molecule has 0 saturated carbocycles. The van der Waals surface area contributed by atoms with Crippen molar-refractivity contribution in [2.45, 2.75) is 6.42 Å². The minimum atomic E-state index is 0.926. The SMILES string of the molecule is Cn1c2ccccc2c2cc(Cc3ccc4c(c3)c3cc5c(cc3n4C)sc3ccccc35)ccc21. The van der Waals surface area contributed by atoms with E-state index < -0.39 is 0 Å². The Hall–Kier alpha value is -4.08. The van der Waals surface area contributed by atoms with Crippen LogP contribution in [0.1, 0.15) is 11.1 Å². The van der Waals surface area contributed by atoms with E-state index in [-0.39, 0.29) is 0 Å². The summed E-state index contributed by atoms with van der Waals surface area (Å²) in [5.74, 6) is 0. The highest BCUT2D eigenvalue weighted by molar-refractivity contribution is 7.25. The van der Waals surface area contributed by atoms with E-state index in [1.165, 1.54) is 74.9 Å².